The standard InChI is InChI=1S/C18H26N4O3S/c1-12-13(2)26-17-16(12)18(24)22(11-15(23)19-6-9-25-3)14(20-17)10-21-7-4-5-8-21/h4-11H2,1-3H3,(H,19,23). The third kappa shape index (κ3) is 3.97. The maximum absolute atomic E-state index is 13.1. The Kier molecular flexibility index (Phi) is 6.05. The Labute approximate surface area is 157 Å². The number of ether oxygens (including phenoxy) is 1. The second-order valence-corrected chi connectivity index (χ2v) is 7.91. The molecule has 2 aromatic rings. The van der Waals surface area contributed by atoms with Crippen molar-refractivity contribution in [3.63, 3.8) is 0 Å². The lowest BCUT2D eigenvalue weighted by molar-refractivity contribution is -0.121. The monoisotopic (exact) mass is 378 g/mol. The molecule has 26 heavy (non-hydrogen) atoms. The van der Waals surface area contributed by atoms with Crippen molar-refractivity contribution >= 4 is 27.5 Å². The van der Waals surface area contributed by atoms with Gasteiger partial charge < -0.3 is 10.1 Å². The summed E-state index contributed by atoms with van der Waals surface area (Å²) in [5, 5.41) is 3.43. The van der Waals surface area contributed by atoms with Crippen molar-refractivity contribution < 1.29 is 9.53 Å². The molecule has 0 spiro atoms. The number of carbonyl (C=O) groups excluding carboxylic acids is 1. The molecule has 0 unspecified atom stereocenters. The Bertz CT molecular complexity index is 852. The molecule has 0 bridgehead atoms. The van der Waals surface area contributed by atoms with Gasteiger partial charge in [-0.1, -0.05) is 0 Å². The van der Waals surface area contributed by atoms with Gasteiger partial charge in [0.05, 0.1) is 18.5 Å². The molecule has 142 valence electrons. The van der Waals surface area contributed by atoms with Crippen molar-refractivity contribution in [2.45, 2.75) is 39.8 Å². The third-order valence-electron chi connectivity index (χ3n) is 4.86. The Morgan fingerprint density at radius 3 is 2.73 bits per heavy atom. The van der Waals surface area contributed by atoms with Crippen LogP contribution in [0.5, 0.6) is 0 Å². The summed E-state index contributed by atoms with van der Waals surface area (Å²) in [5.74, 6) is 0.477. The SMILES string of the molecule is COCCNC(=O)Cn1c(CN2CCCC2)nc2sc(C)c(C)c2c1=O. The van der Waals surface area contributed by atoms with Crippen LogP contribution in [0.25, 0.3) is 10.2 Å². The summed E-state index contributed by atoms with van der Waals surface area (Å²) >= 11 is 1.55. The van der Waals surface area contributed by atoms with Crippen molar-refractivity contribution in [1.29, 1.82) is 0 Å². The van der Waals surface area contributed by atoms with Gasteiger partial charge in [-0.05, 0) is 45.3 Å². The molecule has 0 saturated carbocycles. The van der Waals surface area contributed by atoms with Gasteiger partial charge in [0, 0.05) is 18.5 Å². The second kappa shape index (κ2) is 8.28. The lowest BCUT2D eigenvalue weighted by atomic mass is 10.2. The first-order valence-corrected chi connectivity index (χ1v) is 9.80. The fourth-order valence-electron chi connectivity index (χ4n) is 3.29. The van der Waals surface area contributed by atoms with Crippen molar-refractivity contribution in [2.75, 3.05) is 33.4 Å². The molecule has 1 saturated heterocycles. The van der Waals surface area contributed by atoms with Crippen LogP contribution in [0.4, 0.5) is 0 Å². The quantitative estimate of drug-likeness (QED) is 0.738. The van der Waals surface area contributed by atoms with Crippen LogP contribution in [0.2, 0.25) is 0 Å². The highest BCUT2D eigenvalue weighted by Crippen LogP contribution is 2.26. The van der Waals surface area contributed by atoms with E-state index in [0.717, 1.165) is 28.4 Å². The van der Waals surface area contributed by atoms with E-state index in [4.69, 9.17) is 9.72 Å². The maximum atomic E-state index is 13.1. The summed E-state index contributed by atoms with van der Waals surface area (Å²) in [6.07, 6.45) is 2.34. The molecule has 1 N–H and O–H groups in total. The molecule has 1 amide bonds. The van der Waals surface area contributed by atoms with E-state index < -0.39 is 0 Å². The van der Waals surface area contributed by atoms with E-state index in [9.17, 15) is 9.59 Å². The number of methoxy groups -OCH3 is 1. The number of carbonyl (C=O) groups is 1. The Morgan fingerprint density at radius 2 is 2.04 bits per heavy atom. The minimum atomic E-state index is -0.197. The van der Waals surface area contributed by atoms with Gasteiger partial charge in [-0.3, -0.25) is 19.1 Å². The second-order valence-electron chi connectivity index (χ2n) is 6.71. The summed E-state index contributed by atoms with van der Waals surface area (Å²) < 4.78 is 6.50. The first kappa shape index (κ1) is 19.0. The molecular formula is C18H26N4O3S. The fraction of sp³-hybridized carbons (Fsp3) is 0.611. The van der Waals surface area contributed by atoms with Gasteiger partial charge in [0.1, 0.15) is 17.2 Å². The highest BCUT2D eigenvalue weighted by atomic mass is 32.1. The lowest BCUT2D eigenvalue weighted by Crippen LogP contribution is -2.37. The lowest BCUT2D eigenvalue weighted by Gasteiger charge is -2.18. The highest BCUT2D eigenvalue weighted by molar-refractivity contribution is 7.18. The fourth-order valence-corrected chi connectivity index (χ4v) is 4.32. The maximum Gasteiger partial charge on any atom is 0.263 e. The molecular weight excluding hydrogens is 352 g/mol. The zero-order valence-corrected chi connectivity index (χ0v) is 16.4. The first-order valence-electron chi connectivity index (χ1n) is 8.98. The average Bonchev–Trinajstić information content (AvgIpc) is 3.20. The molecule has 3 rings (SSSR count). The topological polar surface area (TPSA) is 76.5 Å². The number of fused-ring (bicyclic) bond motifs is 1. The molecule has 0 aromatic carbocycles. The molecule has 1 aliphatic rings. The Morgan fingerprint density at radius 1 is 1.31 bits per heavy atom. The van der Waals surface area contributed by atoms with Gasteiger partial charge >= 0.3 is 0 Å². The average molecular weight is 378 g/mol. The summed E-state index contributed by atoms with van der Waals surface area (Å²) in [6, 6.07) is 0. The van der Waals surface area contributed by atoms with E-state index in [2.05, 4.69) is 10.2 Å². The van der Waals surface area contributed by atoms with Crippen LogP contribution in [-0.2, 0) is 22.6 Å². The van der Waals surface area contributed by atoms with Crippen LogP contribution in [-0.4, -0.2) is 53.7 Å². The summed E-state index contributed by atoms with van der Waals surface area (Å²) in [4.78, 5) is 34.3. The number of likely N-dealkylation sites (tertiary alicyclic amines) is 1. The van der Waals surface area contributed by atoms with E-state index in [1.807, 2.05) is 13.8 Å². The number of hydrogen-bond acceptors (Lipinski definition) is 6. The van der Waals surface area contributed by atoms with E-state index in [-0.39, 0.29) is 18.0 Å². The highest BCUT2D eigenvalue weighted by Gasteiger charge is 2.21. The van der Waals surface area contributed by atoms with E-state index in [1.54, 1.807) is 23.0 Å². The van der Waals surface area contributed by atoms with Gasteiger partial charge in [-0.2, -0.15) is 0 Å². The van der Waals surface area contributed by atoms with Gasteiger partial charge in [0.15, 0.2) is 0 Å². The number of hydrogen-bond donors (Lipinski definition) is 1. The van der Waals surface area contributed by atoms with Crippen LogP contribution in [0.1, 0.15) is 29.1 Å². The summed E-state index contributed by atoms with van der Waals surface area (Å²) in [7, 11) is 1.59. The number of rotatable bonds is 7. The number of nitrogens with zero attached hydrogens (tertiary/aromatic N) is 3. The molecule has 0 aliphatic carbocycles. The summed E-state index contributed by atoms with van der Waals surface area (Å²) in [5.41, 5.74) is 0.844. The van der Waals surface area contributed by atoms with Crippen LogP contribution in [0.3, 0.4) is 0 Å². The largest absolute Gasteiger partial charge is 0.383 e. The van der Waals surface area contributed by atoms with Crippen molar-refractivity contribution in [2.24, 2.45) is 0 Å². The zero-order valence-electron chi connectivity index (χ0n) is 15.6. The number of nitrogens with one attached hydrogen (secondary N) is 1. The van der Waals surface area contributed by atoms with Crippen LogP contribution < -0.4 is 10.9 Å². The normalized spacial score (nSPS) is 15.0. The molecule has 3 heterocycles. The first-order chi connectivity index (χ1) is 12.5. The zero-order chi connectivity index (χ0) is 18.7. The number of aromatic nitrogens is 2. The minimum absolute atomic E-state index is 0.0109. The molecule has 1 aliphatic heterocycles. The Hall–Kier alpha value is -1.77. The number of amides is 1. The number of thiophene rings is 1. The molecule has 1 fully saturated rings. The van der Waals surface area contributed by atoms with Gasteiger partial charge in [-0.15, -0.1) is 11.3 Å². The van der Waals surface area contributed by atoms with Crippen molar-refractivity contribution in [1.82, 2.24) is 19.8 Å². The predicted octanol–water partition coefficient (Wildman–Crippen LogP) is 1.43. The van der Waals surface area contributed by atoms with Crippen LogP contribution in [0.15, 0.2) is 4.79 Å². The van der Waals surface area contributed by atoms with E-state index >= 15 is 0 Å². The van der Waals surface area contributed by atoms with Crippen LogP contribution >= 0.6 is 11.3 Å². The van der Waals surface area contributed by atoms with E-state index in [1.165, 1.54) is 12.8 Å². The van der Waals surface area contributed by atoms with Crippen LogP contribution in [0, 0.1) is 13.8 Å². The number of aryl methyl sites for hydroxylation is 2. The molecule has 8 heteroatoms. The molecule has 0 atom stereocenters. The molecule has 7 nitrogen and oxygen atoms in total. The smallest absolute Gasteiger partial charge is 0.263 e. The molecule has 2 aromatic heterocycles. The van der Waals surface area contributed by atoms with Gasteiger partial charge in [0.25, 0.3) is 5.56 Å². The van der Waals surface area contributed by atoms with Crippen molar-refractivity contribution in [3.8, 4) is 0 Å². The van der Waals surface area contributed by atoms with E-state index in [0.29, 0.717) is 30.9 Å². The minimum Gasteiger partial charge on any atom is -0.383 e. The van der Waals surface area contributed by atoms with Gasteiger partial charge in [-0.25, -0.2) is 4.98 Å². The molecule has 0 radical (unpaired) electrons. The summed E-state index contributed by atoms with van der Waals surface area (Å²) in [6.45, 7) is 7.44. The predicted molar refractivity (Wildman–Crippen MR) is 103 cm³/mol. The van der Waals surface area contributed by atoms with Gasteiger partial charge in [0.2, 0.25) is 5.91 Å². The van der Waals surface area contributed by atoms with Crippen molar-refractivity contribution in [3.05, 3.63) is 26.6 Å². The third-order valence-corrected chi connectivity index (χ3v) is 5.96. The Balaban J connectivity index is 1.96.